The Balaban J connectivity index is 2.06. The third kappa shape index (κ3) is 3.67. The number of rotatable bonds is 5. The fourth-order valence-corrected chi connectivity index (χ4v) is 3.10. The van der Waals surface area contributed by atoms with Gasteiger partial charge < -0.3 is 14.2 Å². The zero-order chi connectivity index (χ0) is 20.1. The summed E-state index contributed by atoms with van der Waals surface area (Å²) in [6.45, 7) is 4.90. The van der Waals surface area contributed by atoms with Crippen molar-refractivity contribution in [1.29, 1.82) is 5.41 Å². The average molecular weight is 376 g/mol. The molecule has 0 aliphatic carbocycles. The second-order valence-corrected chi connectivity index (χ2v) is 5.97. The maximum Gasteiger partial charge on any atom is 0.336 e. The third-order valence-corrected chi connectivity index (χ3v) is 4.36. The van der Waals surface area contributed by atoms with Gasteiger partial charge in [-0.05, 0) is 43.6 Å². The number of hydrogen-bond donors (Lipinski definition) is 1. The van der Waals surface area contributed by atoms with Gasteiger partial charge in [-0.2, -0.15) is 0 Å². The van der Waals surface area contributed by atoms with Crippen LogP contribution >= 0.6 is 0 Å². The number of benzene rings is 2. The summed E-state index contributed by atoms with van der Waals surface area (Å²) in [5, 5.41) is 13.2. The molecule has 0 spiro atoms. The Morgan fingerprint density at radius 2 is 1.86 bits per heavy atom. The molecule has 28 heavy (non-hydrogen) atoms. The van der Waals surface area contributed by atoms with Gasteiger partial charge in [0.1, 0.15) is 0 Å². The van der Waals surface area contributed by atoms with E-state index in [2.05, 4.69) is 10.0 Å². The summed E-state index contributed by atoms with van der Waals surface area (Å²) in [6, 6.07) is 15.7. The van der Waals surface area contributed by atoms with Gasteiger partial charge in [-0.1, -0.05) is 29.4 Å². The van der Waals surface area contributed by atoms with Crippen LogP contribution in [0.15, 0.2) is 68.9 Å². The number of fused-ring (bicyclic) bond motifs is 1. The van der Waals surface area contributed by atoms with E-state index in [-0.39, 0.29) is 5.96 Å². The van der Waals surface area contributed by atoms with Crippen LogP contribution in [0.2, 0.25) is 0 Å². The Hall–Kier alpha value is -3.77. The van der Waals surface area contributed by atoms with Crippen molar-refractivity contribution in [2.45, 2.75) is 13.8 Å². The second-order valence-electron chi connectivity index (χ2n) is 5.97. The summed E-state index contributed by atoms with van der Waals surface area (Å²) < 4.78 is 5.43. The van der Waals surface area contributed by atoms with Crippen molar-refractivity contribution in [3.63, 3.8) is 0 Å². The van der Waals surface area contributed by atoms with E-state index in [0.29, 0.717) is 30.0 Å². The van der Waals surface area contributed by atoms with E-state index in [0.717, 1.165) is 11.1 Å². The maximum absolute atomic E-state index is 11.7. The molecule has 1 aromatic heterocycles. The molecule has 0 aliphatic heterocycles. The Bertz CT molecular complexity index is 1120. The van der Waals surface area contributed by atoms with E-state index in [4.69, 9.17) is 15.4 Å². The van der Waals surface area contributed by atoms with Crippen molar-refractivity contribution in [3.05, 3.63) is 75.5 Å². The van der Waals surface area contributed by atoms with Crippen LogP contribution in [0.1, 0.15) is 13.8 Å². The zero-order valence-corrected chi connectivity index (χ0v) is 15.7. The van der Waals surface area contributed by atoms with Crippen LogP contribution in [0.3, 0.4) is 0 Å². The van der Waals surface area contributed by atoms with Crippen molar-refractivity contribution in [2.24, 2.45) is 5.11 Å². The van der Waals surface area contributed by atoms with Crippen LogP contribution in [0.25, 0.3) is 21.4 Å². The second kappa shape index (κ2) is 8.28. The number of nitrogens with one attached hydrogen (secondary N) is 1. The first-order valence-corrected chi connectivity index (χ1v) is 8.90. The minimum absolute atomic E-state index is 0.224. The molecule has 1 heterocycles. The highest BCUT2D eigenvalue weighted by atomic mass is 16.4. The largest absolute Gasteiger partial charge is 0.420 e. The van der Waals surface area contributed by atoms with Crippen LogP contribution in [0.4, 0.5) is 17.1 Å². The topological polar surface area (TPSA) is 109 Å². The highest BCUT2D eigenvalue weighted by molar-refractivity contribution is 6.08. The molecule has 0 saturated carbocycles. The van der Waals surface area contributed by atoms with Crippen molar-refractivity contribution in [2.75, 3.05) is 22.9 Å². The van der Waals surface area contributed by atoms with Gasteiger partial charge in [-0.3, -0.25) is 5.41 Å². The van der Waals surface area contributed by atoms with Crippen LogP contribution in [-0.2, 0) is 0 Å². The lowest BCUT2D eigenvalue weighted by Gasteiger charge is -2.32. The molecule has 0 aliphatic rings. The van der Waals surface area contributed by atoms with Gasteiger partial charge in [0.25, 0.3) is 0 Å². The quantitative estimate of drug-likeness (QED) is 0.168. The molecule has 142 valence electrons. The highest BCUT2D eigenvalue weighted by Crippen LogP contribution is 2.28. The molecule has 0 radical (unpaired) electrons. The molecule has 0 bridgehead atoms. The van der Waals surface area contributed by atoms with E-state index in [1.807, 2.05) is 38.1 Å². The van der Waals surface area contributed by atoms with Gasteiger partial charge in [-0.15, -0.1) is 0 Å². The lowest BCUT2D eigenvalue weighted by atomic mass is 10.2. The molecular weight excluding hydrogens is 356 g/mol. The molecule has 8 nitrogen and oxygen atoms in total. The highest BCUT2D eigenvalue weighted by Gasteiger charge is 2.21. The SMILES string of the molecule is CCN(C(=N)N(CC)c1cccc2ccc(=O)oc12)c1cccc(N=[N+]=[N-])c1. The first-order chi connectivity index (χ1) is 13.6. The van der Waals surface area contributed by atoms with Gasteiger partial charge in [0.2, 0.25) is 5.96 Å². The summed E-state index contributed by atoms with van der Waals surface area (Å²) in [5.74, 6) is 0.224. The van der Waals surface area contributed by atoms with Gasteiger partial charge in [0, 0.05) is 40.8 Å². The zero-order valence-electron chi connectivity index (χ0n) is 15.7. The smallest absolute Gasteiger partial charge is 0.336 e. The van der Waals surface area contributed by atoms with Crippen molar-refractivity contribution < 1.29 is 4.42 Å². The van der Waals surface area contributed by atoms with Crippen molar-refractivity contribution in [1.82, 2.24) is 0 Å². The van der Waals surface area contributed by atoms with Gasteiger partial charge in [0.05, 0.1) is 5.69 Å². The number of anilines is 2. The maximum atomic E-state index is 11.7. The molecule has 0 amide bonds. The predicted octanol–water partition coefficient (Wildman–Crippen LogP) is 5.02. The molecular formula is C20H20N6O2. The molecule has 0 unspecified atom stereocenters. The Labute approximate surface area is 161 Å². The fourth-order valence-electron chi connectivity index (χ4n) is 3.10. The number of hydrogen-bond acceptors (Lipinski definition) is 4. The molecule has 3 rings (SSSR count). The predicted molar refractivity (Wildman–Crippen MR) is 111 cm³/mol. The lowest BCUT2D eigenvalue weighted by Crippen LogP contribution is -2.44. The number of nitrogens with zero attached hydrogens (tertiary/aromatic N) is 5. The van der Waals surface area contributed by atoms with Gasteiger partial charge in [-0.25, -0.2) is 4.79 Å². The Morgan fingerprint density at radius 1 is 1.11 bits per heavy atom. The summed E-state index contributed by atoms with van der Waals surface area (Å²) in [7, 11) is 0. The van der Waals surface area contributed by atoms with E-state index >= 15 is 0 Å². The monoisotopic (exact) mass is 376 g/mol. The summed E-state index contributed by atoms with van der Waals surface area (Å²) in [6.07, 6.45) is 0. The fraction of sp³-hybridized carbons (Fsp3) is 0.200. The van der Waals surface area contributed by atoms with Gasteiger partial charge >= 0.3 is 5.63 Å². The number of para-hydroxylation sites is 1. The molecule has 0 fully saturated rings. The first kappa shape index (κ1) is 19.0. The van der Waals surface area contributed by atoms with Crippen LogP contribution in [0, 0.1) is 5.41 Å². The van der Waals surface area contributed by atoms with E-state index in [9.17, 15) is 4.79 Å². The summed E-state index contributed by atoms with van der Waals surface area (Å²) >= 11 is 0. The van der Waals surface area contributed by atoms with E-state index < -0.39 is 5.63 Å². The normalized spacial score (nSPS) is 10.4. The third-order valence-electron chi connectivity index (χ3n) is 4.36. The summed E-state index contributed by atoms with van der Waals surface area (Å²) in [4.78, 5) is 18.1. The molecule has 1 N–H and O–H groups in total. The summed E-state index contributed by atoms with van der Waals surface area (Å²) in [5.41, 5.74) is 10.5. The Kier molecular flexibility index (Phi) is 5.62. The lowest BCUT2D eigenvalue weighted by molar-refractivity contribution is 0.561. The number of azide groups is 1. The van der Waals surface area contributed by atoms with Crippen molar-refractivity contribution in [3.8, 4) is 0 Å². The Morgan fingerprint density at radius 3 is 2.57 bits per heavy atom. The molecule has 3 aromatic rings. The average Bonchev–Trinajstić information content (AvgIpc) is 2.70. The van der Waals surface area contributed by atoms with E-state index in [1.165, 1.54) is 6.07 Å². The van der Waals surface area contributed by atoms with E-state index in [1.54, 1.807) is 34.1 Å². The van der Waals surface area contributed by atoms with Gasteiger partial charge in [0.15, 0.2) is 5.58 Å². The molecule has 0 atom stereocenters. The minimum atomic E-state index is -0.433. The molecule has 2 aromatic carbocycles. The molecule has 8 heteroatoms. The molecule has 0 saturated heterocycles. The minimum Gasteiger partial charge on any atom is -0.420 e. The standard InChI is InChI=1S/C20H20N6O2/c1-3-25(16-9-6-8-15(13-16)23-24-22)20(21)26(4-2)17-10-5-7-14-11-12-18(27)28-19(14)17/h5-13,21H,3-4H2,1-2H3. The van der Waals surface area contributed by atoms with Crippen LogP contribution < -0.4 is 15.4 Å². The number of guanidine groups is 1. The van der Waals surface area contributed by atoms with Crippen LogP contribution in [0.5, 0.6) is 0 Å². The first-order valence-electron chi connectivity index (χ1n) is 8.90. The van der Waals surface area contributed by atoms with Crippen LogP contribution in [-0.4, -0.2) is 19.0 Å². The van der Waals surface area contributed by atoms with Crippen molar-refractivity contribution >= 4 is 34.0 Å².